The number of ether oxygens (including phenoxy) is 2. The molecule has 1 heterocycles. The third-order valence-electron chi connectivity index (χ3n) is 7.16. The van der Waals surface area contributed by atoms with Crippen LogP contribution in [0.25, 0.3) is 0 Å². The van der Waals surface area contributed by atoms with E-state index in [0.717, 1.165) is 0 Å². The van der Waals surface area contributed by atoms with E-state index in [1.807, 2.05) is 6.92 Å². The van der Waals surface area contributed by atoms with Crippen molar-refractivity contribution in [3.8, 4) is 11.5 Å². The zero-order valence-electron chi connectivity index (χ0n) is 24.0. The lowest BCUT2D eigenvalue weighted by Gasteiger charge is -2.38. The summed E-state index contributed by atoms with van der Waals surface area (Å²) < 4.78 is 39.1. The minimum atomic E-state index is -3.78. The van der Waals surface area contributed by atoms with Gasteiger partial charge in [-0.3, -0.25) is 4.79 Å². The zero-order chi connectivity index (χ0) is 30.4. The number of amides is 3. The number of likely N-dealkylation sites (N-methyl/N-ethyl adjacent to an activating group) is 1. The van der Waals surface area contributed by atoms with Gasteiger partial charge in [0.2, 0.25) is 10.0 Å². The molecule has 0 radical (unpaired) electrons. The van der Waals surface area contributed by atoms with E-state index in [-0.39, 0.29) is 47.7 Å². The number of benzene rings is 3. The number of hydrogen-bond acceptors (Lipinski definition) is 7. The van der Waals surface area contributed by atoms with Crippen LogP contribution in [0.5, 0.6) is 11.5 Å². The van der Waals surface area contributed by atoms with E-state index in [1.165, 1.54) is 29.6 Å². The predicted molar refractivity (Wildman–Crippen MR) is 159 cm³/mol. The summed E-state index contributed by atoms with van der Waals surface area (Å²) in [6, 6.07) is 18.6. The zero-order valence-corrected chi connectivity index (χ0v) is 24.8. The fourth-order valence-corrected chi connectivity index (χ4v) is 5.81. The van der Waals surface area contributed by atoms with Crippen molar-refractivity contribution in [1.82, 2.24) is 9.21 Å². The first-order chi connectivity index (χ1) is 20.0. The summed E-state index contributed by atoms with van der Waals surface area (Å²) in [5, 5.41) is 15.4. The average molecular weight is 597 g/mol. The molecule has 4 rings (SSSR count). The minimum Gasteiger partial charge on any atom is -0.497 e. The third-order valence-corrected chi connectivity index (χ3v) is 9.00. The number of aliphatic hydroxyl groups is 1. The number of nitrogens with zero attached hydrogens (tertiary/aromatic N) is 2. The predicted octanol–water partition coefficient (Wildman–Crippen LogP) is 3.88. The first-order valence-corrected chi connectivity index (χ1v) is 14.9. The van der Waals surface area contributed by atoms with Gasteiger partial charge in [-0.15, -0.1) is 0 Å². The van der Waals surface area contributed by atoms with Crippen LogP contribution in [0.15, 0.2) is 77.7 Å². The average Bonchev–Trinajstić information content (AvgIpc) is 2.99. The molecule has 0 bridgehead atoms. The summed E-state index contributed by atoms with van der Waals surface area (Å²) in [6.45, 7) is 3.60. The largest absolute Gasteiger partial charge is 0.497 e. The number of anilines is 2. The Morgan fingerprint density at radius 2 is 1.74 bits per heavy atom. The molecule has 0 saturated carbocycles. The van der Waals surface area contributed by atoms with Crippen molar-refractivity contribution >= 4 is 33.3 Å². The van der Waals surface area contributed by atoms with Gasteiger partial charge in [-0.05, 0) is 61.5 Å². The van der Waals surface area contributed by atoms with Crippen molar-refractivity contribution in [3.05, 3.63) is 78.4 Å². The van der Waals surface area contributed by atoms with E-state index in [4.69, 9.17) is 9.47 Å². The number of carbonyl (C=O) groups is 2. The Kier molecular flexibility index (Phi) is 9.71. The highest BCUT2D eigenvalue weighted by Crippen LogP contribution is 2.31. The van der Waals surface area contributed by atoms with Crippen LogP contribution in [0.4, 0.5) is 16.2 Å². The first-order valence-electron chi connectivity index (χ1n) is 13.5. The number of sulfonamides is 1. The van der Waals surface area contributed by atoms with Gasteiger partial charge in [0.25, 0.3) is 5.91 Å². The molecule has 3 amide bonds. The summed E-state index contributed by atoms with van der Waals surface area (Å²) in [7, 11) is -0.740. The van der Waals surface area contributed by atoms with Gasteiger partial charge in [-0.1, -0.05) is 25.1 Å². The second-order valence-electron chi connectivity index (χ2n) is 10.2. The van der Waals surface area contributed by atoms with Crippen molar-refractivity contribution in [1.29, 1.82) is 0 Å². The highest BCUT2D eigenvalue weighted by molar-refractivity contribution is 7.89. The lowest BCUT2D eigenvalue weighted by atomic mass is 9.99. The van der Waals surface area contributed by atoms with Crippen LogP contribution in [0, 0.1) is 5.92 Å². The van der Waals surface area contributed by atoms with Crippen LogP contribution in [0.1, 0.15) is 24.2 Å². The Balaban J connectivity index is 1.59. The Bertz CT molecular complexity index is 1500. The van der Waals surface area contributed by atoms with E-state index < -0.39 is 28.2 Å². The fourth-order valence-electron chi connectivity index (χ4n) is 4.61. The van der Waals surface area contributed by atoms with Gasteiger partial charge in [-0.25, -0.2) is 13.2 Å². The van der Waals surface area contributed by atoms with Gasteiger partial charge in [0, 0.05) is 30.9 Å². The number of rotatable bonds is 9. The highest BCUT2D eigenvalue weighted by atomic mass is 32.2. The molecule has 3 atom stereocenters. The lowest BCUT2D eigenvalue weighted by molar-refractivity contribution is 0.0387. The number of urea groups is 1. The minimum absolute atomic E-state index is 0.0254. The van der Waals surface area contributed by atoms with Gasteiger partial charge in [0.1, 0.15) is 17.6 Å². The van der Waals surface area contributed by atoms with Gasteiger partial charge in [0.15, 0.2) is 0 Å². The van der Waals surface area contributed by atoms with E-state index >= 15 is 0 Å². The molecule has 42 heavy (non-hydrogen) atoms. The maximum Gasteiger partial charge on any atom is 0.323 e. The number of carbonyl (C=O) groups excluding carboxylic acids is 2. The molecule has 11 nitrogen and oxygen atoms in total. The molecule has 0 aromatic heterocycles. The molecule has 1 aliphatic rings. The summed E-state index contributed by atoms with van der Waals surface area (Å²) in [4.78, 5) is 28.1. The maximum atomic E-state index is 13.7. The topological polar surface area (TPSA) is 138 Å². The molecule has 3 N–H and O–H groups in total. The van der Waals surface area contributed by atoms with Crippen molar-refractivity contribution in [2.45, 2.75) is 30.9 Å². The van der Waals surface area contributed by atoms with Crippen LogP contribution in [0.2, 0.25) is 0 Å². The Hall–Kier alpha value is -4.13. The van der Waals surface area contributed by atoms with Crippen LogP contribution in [-0.2, 0) is 10.0 Å². The Morgan fingerprint density at radius 3 is 2.38 bits per heavy atom. The van der Waals surface area contributed by atoms with Gasteiger partial charge < -0.3 is 30.1 Å². The monoisotopic (exact) mass is 596 g/mol. The smallest absolute Gasteiger partial charge is 0.323 e. The Morgan fingerprint density at radius 1 is 1.10 bits per heavy atom. The quantitative estimate of drug-likeness (QED) is 0.341. The van der Waals surface area contributed by atoms with Crippen molar-refractivity contribution in [2.24, 2.45) is 5.92 Å². The highest BCUT2D eigenvalue weighted by Gasteiger charge is 2.35. The number of hydrogen-bond donors (Lipinski definition) is 3. The van der Waals surface area contributed by atoms with E-state index in [0.29, 0.717) is 17.1 Å². The number of fused-ring (bicyclic) bond motifs is 1. The molecular formula is C30H36N4O7S. The molecular weight excluding hydrogens is 560 g/mol. The van der Waals surface area contributed by atoms with E-state index in [1.54, 1.807) is 73.5 Å². The second kappa shape index (κ2) is 13.2. The summed E-state index contributed by atoms with van der Waals surface area (Å²) in [5.74, 6) is 0.247. The van der Waals surface area contributed by atoms with Crippen LogP contribution < -0.4 is 20.1 Å². The third kappa shape index (κ3) is 7.01. The van der Waals surface area contributed by atoms with Crippen LogP contribution in [0.3, 0.4) is 0 Å². The molecule has 0 spiro atoms. The van der Waals surface area contributed by atoms with Crippen LogP contribution in [-0.4, -0.2) is 80.7 Å². The standard InChI is InChI=1S/C30H36N4O7S/c1-20-17-34(21(2)19-35)29(36)26-16-23(32-30(37)31-22-10-13-24(40-4)14-11-22)12-15-27(26)41-28(20)18-33(3)42(38,39)25-8-6-5-7-9-25/h5-16,20-21,28,35H,17-19H2,1-4H3,(H2,31,32,37)/t20-,21-,28-/m0/s1. The summed E-state index contributed by atoms with van der Waals surface area (Å²) in [5.41, 5.74) is 1.08. The summed E-state index contributed by atoms with van der Waals surface area (Å²) in [6.07, 6.45) is -0.620. The normalized spacial score (nSPS) is 17.9. The van der Waals surface area contributed by atoms with Crippen molar-refractivity contribution in [3.63, 3.8) is 0 Å². The second-order valence-corrected chi connectivity index (χ2v) is 12.3. The van der Waals surface area contributed by atoms with Gasteiger partial charge in [-0.2, -0.15) is 4.31 Å². The van der Waals surface area contributed by atoms with Gasteiger partial charge in [0.05, 0.1) is 36.8 Å². The van der Waals surface area contributed by atoms with Crippen molar-refractivity contribution in [2.75, 3.05) is 44.5 Å². The maximum absolute atomic E-state index is 13.7. The molecule has 0 fully saturated rings. The molecule has 0 aliphatic carbocycles. The molecule has 224 valence electrons. The molecule has 12 heteroatoms. The van der Waals surface area contributed by atoms with Crippen LogP contribution >= 0.6 is 0 Å². The summed E-state index contributed by atoms with van der Waals surface area (Å²) >= 11 is 0. The number of methoxy groups -OCH3 is 1. The lowest BCUT2D eigenvalue weighted by Crippen LogP contribution is -2.50. The van der Waals surface area contributed by atoms with E-state index in [2.05, 4.69) is 10.6 Å². The molecule has 0 unspecified atom stereocenters. The van der Waals surface area contributed by atoms with Crippen molar-refractivity contribution < 1.29 is 32.6 Å². The molecule has 1 aliphatic heterocycles. The van der Waals surface area contributed by atoms with E-state index in [9.17, 15) is 23.1 Å². The Labute approximate surface area is 246 Å². The molecule has 0 saturated heterocycles. The SMILES string of the molecule is COc1ccc(NC(=O)Nc2ccc3c(c2)C(=O)N([C@@H](C)CO)C[C@H](C)[C@H](CN(C)S(=O)(=O)c2ccccc2)O3)cc1. The first kappa shape index (κ1) is 30.8. The number of aliphatic hydroxyl groups excluding tert-OH is 1. The van der Waals surface area contributed by atoms with Gasteiger partial charge >= 0.3 is 6.03 Å². The molecule has 3 aromatic rings. The fraction of sp³-hybridized carbons (Fsp3) is 0.333. The number of nitrogens with one attached hydrogen (secondary N) is 2. The molecule has 3 aromatic carbocycles.